The van der Waals surface area contributed by atoms with Crippen molar-refractivity contribution in [2.45, 2.75) is 39.5 Å². The Morgan fingerprint density at radius 2 is 1.24 bits per heavy atom. The van der Waals surface area contributed by atoms with Crippen LogP contribution in [0.5, 0.6) is 0 Å². The van der Waals surface area contributed by atoms with E-state index in [0.717, 1.165) is 72.6 Å². The van der Waals surface area contributed by atoms with E-state index in [0.29, 0.717) is 11.8 Å². The molecule has 0 saturated heterocycles. The van der Waals surface area contributed by atoms with Crippen molar-refractivity contribution in [1.29, 1.82) is 0 Å². The normalized spacial score (nSPS) is 11.5. The van der Waals surface area contributed by atoms with Gasteiger partial charge in [-0.15, -0.1) is 47.3 Å². The summed E-state index contributed by atoms with van der Waals surface area (Å²) in [7, 11) is 2.01. The fraction of sp³-hybridized carbons (Fsp3) is 0.143. The van der Waals surface area contributed by atoms with Crippen molar-refractivity contribution >= 4 is 21.8 Å². The smallest absolute Gasteiger partial charge is 0.373 e. The Morgan fingerprint density at radius 1 is 0.582 bits per heavy atom. The number of imidazole rings is 1. The van der Waals surface area contributed by atoms with Gasteiger partial charge in [-0.1, -0.05) is 130 Å². The SMILES string of the molecule is CC(C)c1cccc(C(C)C)c1-c1c(-c2ccccc2)nn(-c2[c-]c3c(cc2)c2ccccc2n3-c2[c-]c(-c3nccn3C)ccc2)c1-c1ccccc1.[Pt+2]. The maximum absolute atomic E-state index is 5.58. The molecule has 0 aliphatic rings. The summed E-state index contributed by atoms with van der Waals surface area (Å²) in [6, 6.07) is 55.0. The van der Waals surface area contributed by atoms with E-state index in [1.54, 1.807) is 0 Å². The van der Waals surface area contributed by atoms with Gasteiger partial charge in [0.2, 0.25) is 0 Å². The number of hydrogen-bond donors (Lipinski definition) is 0. The first-order valence-corrected chi connectivity index (χ1v) is 18.7. The summed E-state index contributed by atoms with van der Waals surface area (Å²) < 4.78 is 6.43. The van der Waals surface area contributed by atoms with Crippen molar-refractivity contribution in [1.82, 2.24) is 23.9 Å². The molecule has 0 radical (unpaired) electrons. The molecule has 0 fully saturated rings. The third-order valence-electron chi connectivity index (χ3n) is 10.5. The maximum atomic E-state index is 5.58. The van der Waals surface area contributed by atoms with E-state index in [1.807, 2.05) is 24.0 Å². The summed E-state index contributed by atoms with van der Waals surface area (Å²) in [5.74, 6) is 1.49. The molecule has 0 spiro atoms. The first-order chi connectivity index (χ1) is 26.4. The van der Waals surface area contributed by atoms with Crippen molar-refractivity contribution in [2.24, 2.45) is 7.05 Å². The molecule has 5 nitrogen and oxygen atoms in total. The second-order valence-corrected chi connectivity index (χ2v) is 14.6. The predicted octanol–water partition coefficient (Wildman–Crippen LogP) is 12.2. The Kier molecular flexibility index (Phi) is 9.75. The monoisotopic (exact) mass is 894 g/mol. The summed E-state index contributed by atoms with van der Waals surface area (Å²) in [4.78, 5) is 4.62. The molecule has 3 heterocycles. The molecule has 0 saturated carbocycles. The molecule has 6 aromatic carbocycles. The van der Waals surface area contributed by atoms with Crippen LogP contribution in [0.3, 0.4) is 0 Å². The number of hydrogen-bond acceptors (Lipinski definition) is 2. The average Bonchev–Trinajstić information content (AvgIpc) is 3.91. The van der Waals surface area contributed by atoms with Crippen LogP contribution in [-0.4, -0.2) is 23.9 Å². The molecule has 0 unspecified atom stereocenters. The van der Waals surface area contributed by atoms with E-state index in [9.17, 15) is 0 Å². The number of aryl methyl sites for hydroxylation is 1. The van der Waals surface area contributed by atoms with Gasteiger partial charge in [-0.3, -0.25) is 9.67 Å². The van der Waals surface area contributed by atoms with Crippen LogP contribution < -0.4 is 0 Å². The molecule has 0 aliphatic carbocycles. The second kappa shape index (κ2) is 14.8. The van der Waals surface area contributed by atoms with Crippen LogP contribution in [0.15, 0.2) is 146 Å². The predicted molar refractivity (Wildman–Crippen MR) is 222 cm³/mol. The van der Waals surface area contributed by atoms with Gasteiger partial charge in [0.1, 0.15) is 5.69 Å². The van der Waals surface area contributed by atoms with Crippen LogP contribution in [-0.2, 0) is 28.1 Å². The Hall–Kier alpha value is -5.77. The van der Waals surface area contributed by atoms with E-state index >= 15 is 0 Å². The van der Waals surface area contributed by atoms with E-state index in [-0.39, 0.29) is 21.1 Å². The summed E-state index contributed by atoms with van der Waals surface area (Å²) in [5, 5.41) is 7.86. The Bertz CT molecular complexity index is 2760. The summed E-state index contributed by atoms with van der Waals surface area (Å²) in [5.41, 5.74) is 14.0. The standard InChI is InChI=1S/C49H41N5.Pt/c1-32(2)39-23-15-24-40(33(3)4)45(39)46-47(34-16-8-6-9-17-34)51-54(48(46)35-18-10-7-11-19-35)38-26-27-42-41-22-12-13-25-43(41)53(44(42)31-38)37-21-14-20-36(30-37)49-50-28-29-52(49)5;/h6-29,32-33H,1-5H3;/q-2;+2. The number of rotatable bonds is 8. The fourth-order valence-corrected chi connectivity index (χ4v) is 7.93. The summed E-state index contributed by atoms with van der Waals surface area (Å²) in [6.07, 6.45) is 3.79. The van der Waals surface area contributed by atoms with Gasteiger partial charge in [0.05, 0.1) is 11.5 Å². The molecule has 6 heteroatoms. The minimum atomic E-state index is 0. The molecule has 272 valence electrons. The van der Waals surface area contributed by atoms with E-state index < -0.39 is 0 Å². The molecule has 3 aromatic heterocycles. The number of nitrogens with zero attached hydrogens (tertiary/aromatic N) is 5. The van der Waals surface area contributed by atoms with Crippen LogP contribution >= 0.6 is 0 Å². The van der Waals surface area contributed by atoms with Crippen molar-refractivity contribution in [3.8, 4) is 56.4 Å². The molecular weight excluding hydrogens is 854 g/mol. The minimum absolute atomic E-state index is 0. The van der Waals surface area contributed by atoms with Gasteiger partial charge in [0, 0.05) is 41.6 Å². The third-order valence-corrected chi connectivity index (χ3v) is 10.5. The fourth-order valence-electron chi connectivity index (χ4n) is 7.93. The first kappa shape index (κ1) is 36.2. The Labute approximate surface area is 337 Å². The quantitative estimate of drug-likeness (QED) is 0.143. The zero-order valence-corrected chi connectivity index (χ0v) is 33.8. The second-order valence-electron chi connectivity index (χ2n) is 14.6. The largest absolute Gasteiger partial charge is 2.00 e. The van der Waals surface area contributed by atoms with Crippen LogP contribution in [0.4, 0.5) is 0 Å². The number of benzene rings is 6. The van der Waals surface area contributed by atoms with Gasteiger partial charge in [0.25, 0.3) is 0 Å². The Morgan fingerprint density at radius 3 is 1.91 bits per heavy atom. The van der Waals surface area contributed by atoms with Crippen LogP contribution in [0.1, 0.15) is 50.7 Å². The van der Waals surface area contributed by atoms with Gasteiger partial charge >= 0.3 is 21.1 Å². The van der Waals surface area contributed by atoms with Crippen molar-refractivity contribution in [2.75, 3.05) is 0 Å². The Balaban J connectivity index is 0.00000427. The summed E-state index contributed by atoms with van der Waals surface area (Å²) in [6.45, 7) is 9.16. The van der Waals surface area contributed by atoms with Crippen molar-refractivity contribution < 1.29 is 21.1 Å². The van der Waals surface area contributed by atoms with Gasteiger partial charge in [-0.05, 0) is 51.4 Å². The summed E-state index contributed by atoms with van der Waals surface area (Å²) >= 11 is 0. The van der Waals surface area contributed by atoms with Crippen LogP contribution in [0.2, 0.25) is 0 Å². The van der Waals surface area contributed by atoms with Gasteiger partial charge in [-0.25, -0.2) is 0 Å². The third kappa shape index (κ3) is 6.27. The van der Waals surface area contributed by atoms with Crippen LogP contribution in [0, 0.1) is 12.1 Å². The van der Waals surface area contributed by atoms with Gasteiger partial charge in [0.15, 0.2) is 0 Å². The molecular formula is C49H41N5Pt. The van der Waals surface area contributed by atoms with Gasteiger partial charge < -0.3 is 9.13 Å². The molecule has 55 heavy (non-hydrogen) atoms. The first-order valence-electron chi connectivity index (χ1n) is 18.7. The number of fused-ring (bicyclic) bond motifs is 3. The molecule has 9 rings (SSSR count). The topological polar surface area (TPSA) is 40.6 Å². The molecule has 0 bridgehead atoms. The number of para-hydroxylation sites is 1. The molecule has 0 aliphatic heterocycles. The molecule has 0 atom stereocenters. The van der Waals surface area contributed by atoms with Crippen molar-refractivity contribution in [3.63, 3.8) is 0 Å². The number of aromatic nitrogens is 5. The molecule has 9 aromatic rings. The van der Waals surface area contributed by atoms with E-state index in [2.05, 4.69) is 188 Å². The average molecular weight is 895 g/mol. The van der Waals surface area contributed by atoms with E-state index in [4.69, 9.17) is 5.10 Å². The zero-order valence-electron chi connectivity index (χ0n) is 31.6. The van der Waals surface area contributed by atoms with E-state index in [1.165, 1.54) is 16.7 Å². The zero-order chi connectivity index (χ0) is 36.9. The molecule has 0 amide bonds. The van der Waals surface area contributed by atoms with Crippen LogP contribution in [0.25, 0.3) is 78.2 Å². The maximum Gasteiger partial charge on any atom is 2.00 e. The van der Waals surface area contributed by atoms with Crippen molar-refractivity contribution in [3.05, 3.63) is 169 Å². The molecule has 0 N–H and O–H groups in total. The minimum Gasteiger partial charge on any atom is -0.373 e. The van der Waals surface area contributed by atoms with Gasteiger partial charge in [-0.2, -0.15) is 11.2 Å².